The number of nitrogens with zero attached hydrogens (tertiary/aromatic N) is 2. The number of ether oxygens (including phenoxy) is 1. The van der Waals surface area contributed by atoms with Gasteiger partial charge in [0.15, 0.2) is 0 Å². The molecule has 1 aliphatic rings. The molecule has 9 heteroatoms. The molecule has 0 aliphatic carbocycles. The van der Waals surface area contributed by atoms with Gasteiger partial charge in [0.1, 0.15) is 6.54 Å². The summed E-state index contributed by atoms with van der Waals surface area (Å²) >= 11 is 0.812. The maximum Gasteiger partial charge on any atom is 0.337 e. The van der Waals surface area contributed by atoms with Crippen LogP contribution in [0, 0.1) is 0 Å². The molecule has 0 saturated carbocycles. The number of para-hydroxylation sites is 2. The number of benzene rings is 3. The van der Waals surface area contributed by atoms with Crippen LogP contribution in [0.2, 0.25) is 0 Å². The van der Waals surface area contributed by atoms with E-state index in [-0.39, 0.29) is 11.4 Å². The Morgan fingerprint density at radius 1 is 0.974 bits per heavy atom. The molecule has 1 fully saturated rings. The third kappa shape index (κ3) is 5.23. The molecule has 1 N–H and O–H groups in total. The molecule has 2 heterocycles. The summed E-state index contributed by atoms with van der Waals surface area (Å²) in [5.74, 6) is -1.37. The van der Waals surface area contributed by atoms with Crippen LogP contribution in [-0.4, -0.2) is 46.1 Å². The van der Waals surface area contributed by atoms with Crippen LogP contribution in [0.1, 0.15) is 21.5 Å². The zero-order chi connectivity index (χ0) is 26.6. The van der Waals surface area contributed by atoms with Crippen LogP contribution < -0.4 is 5.32 Å². The Hall–Kier alpha value is -4.63. The molecule has 1 aliphatic heterocycles. The van der Waals surface area contributed by atoms with Gasteiger partial charge in [-0.05, 0) is 53.7 Å². The number of fused-ring (bicyclic) bond motifs is 1. The Kier molecular flexibility index (Phi) is 7.10. The second-order valence-corrected chi connectivity index (χ2v) is 9.60. The van der Waals surface area contributed by atoms with E-state index >= 15 is 0 Å². The van der Waals surface area contributed by atoms with Crippen LogP contribution in [0.25, 0.3) is 17.0 Å². The summed E-state index contributed by atoms with van der Waals surface area (Å²) in [5.41, 5.74) is 3.66. The van der Waals surface area contributed by atoms with E-state index in [0.717, 1.165) is 38.7 Å². The highest BCUT2D eigenvalue weighted by Crippen LogP contribution is 2.34. The normalized spacial score (nSPS) is 14.3. The summed E-state index contributed by atoms with van der Waals surface area (Å²) in [4.78, 5) is 51.2. The van der Waals surface area contributed by atoms with Gasteiger partial charge < -0.3 is 14.6 Å². The second kappa shape index (κ2) is 10.8. The van der Waals surface area contributed by atoms with Gasteiger partial charge in [-0.2, -0.15) is 0 Å². The molecule has 3 aromatic carbocycles. The molecular weight excluding hydrogens is 502 g/mol. The molecule has 190 valence electrons. The van der Waals surface area contributed by atoms with E-state index in [4.69, 9.17) is 4.74 Å². The number of carbonyl (C=O) groups excluding carboxylic acids is 4. The molecule has 0 unspecified atom stereocenters. The molecule has 8 nitrogen and oxygen atoms in total. The highest BCUT2D eigenvalue weighted by molar-refractivity contribution is 8.18. The van der Waals surface area contributed by atoms with Crippen molar-refractivity contribution in [2.45, 2.75) is 6.54 Å². The molecule has 0 radical (unpaired) electrons. The molecule has 0 spiro atoms. The van der Waals surface area contributed by atoms with Gasteiger partial charge in [0.25, 0.3) is 11.1 Å². The zero-order valence-electron chi connectivity index (χ0n) is 20.4. The number of esters is 1. The van der Waals surface area contributed by atoms with Crippen molar-refractivity contribution < 1.29 is 23.9 Å². The van der Waals surface area contributed by atoms with Crippen molar-refractivity contribution >= 4 is 57.5 Å². The number of nitrogens with one attached hydrogen (secondary N) is 1. The highest BCUT2D eigenvalue weighted by atomic mass is 32.2. The van der Waals surface area contributed by atoms with Crippen molar-refractivity contribution in [3.63, 3.8) is 0 Å². The topological polar surface area (TPSA) is 97.7 Å². The largest absolute Gasteiger partial charge is 0.465 e. The SMILES string of the molecule is COC(=O)c1cccc(Cn2cc(/C=C3\SC(=O)N(CC(=O)Nc4ccccc4)C3=O)c3ccccc32)c1. The number of imide groups is 1. The second-order valence-electron chi connectivity index (χ2n) is 8.60. The van der Waals surface area contributed by atoms with E-state index in [1.54, 1.807) is 48.5 Å². The van der Waals surface area contributed by atoms with Crippen molar-refractivity contribution in [3.05, 3.63) is 107 Å². The van der Waals surface area contributed by atoms with Gasteiger partial charge in [0.2, 0.25) is 5.91 Å². The molecule has 1 aromatic heterocycles. The monoisotopic (exact) mass is 525 g/mol. The highest BCUT2D eigenvalue weighted by Gasteiger charge is 2.36. The van der Waals surface area contributed by atoms with Gasteiger partial charge in [0, 0.05) is 34.9 Å². The first-order chi connectivity index (χ1) is 18.4. The summed E-state index contributed by atoms with van der Waals surface area (Å²) in [6.45, 7) is 0.121. The smallest absolute Gasteiger partial charge is 0.337 e. The number of carbonyl (C=O) groups is 4. The maximum absolute atomic E-state index is 13.1. The first-order valence-corrected chi connectivity index (χ1v) is 12.6. The number of rotatable bonds is 7. The molecule has 5 rings (SSSR count). The number of aromatic nitrogens is 1. The quantitative estimate of drug-likeness (QED) is 0.265. The van der Waals surface area contributed by atoms with E-state index in [2.05, 4.69) is 5.32 Å². The van der Waals surface area contributed by atoms with E-state index in [1.165, 1.54) is 7.11 Å². The number of anilines is 1. The minimum atomic E-state index is -0.508. The van der Waals surface area contributed by atoms with Crippen molar-refractivity contribution in [1.82, 2.24) is 9.47 Å². The van der Waals surface area contributed by atoms with Gasteiger partial charge >= 0.3 is 5.97 Å². The lowest BCUT2D eigenvalue weighted by atomic mass is 10.1. The van der Waals surface area contributed by atoms with Gasteiger partial charge in [-0.1, -0.05) is 48.5 Å². The van der Waals surface area contributed by atoms with Crippen LogP contribution in [-0.2, 0) is 20.9 Å². The predicted octanol–water partition coefficient (Wildman–Crippen LogP) is 5.15. The molecule has 4 aromatic rings. The number of hydrogen-bond donors (Lipinski definition) is 1. The summed E-state index contributed by atoms with van der Waals surface area (Å²) in [6.07, 6.45) is 3.59. The first kappa shape index (κ1) is 25.0. The molecule has 0 bridgehead atoms. The fourth-order valence-electron chi connectivity index (χ4n) is 4.28. The lowest BCUT2D eigenvalue weighted by Gasteiger charge is -2.12. The van der Waals surface area contributed by atoms with Crippen LogP contribution in [0.5, 0.6) is 0 Å². The molecule has 0 atom stereocenters. The van der Waals surface area contributed by atoms with E-state index in [1.807, 2.05) is 47.2 Å². The first-order valence-electron chi connectivity index (χ1n) is 11.8. The lowest BCUT2D eigenvalue weighted by Crippen LogP contribution is -2.36. The Bertz CT molecular complexity index is 1590. The van der Waals surface area contributed by atoms with Gasteiger partial charge in [0.05, 0.1) is 17.6 Å². The average molecular weight is 526 g/mol. The van der Waals surface area contributed by atoms with E-state index < -0.39 is 23.0 Å². The number of methoxy groups -OCH3 is 1. The Balaban J connectivity index is 1.38. The van der Waals surface area contributed by atoms with Gasteiger partial charge in [-0.3, -0.25) is 19.3 Å². The van der Waals surface area contributed by atoms with Crippen LogP contribution in [0.15, 0.2) is 90.0 Å². The Labute approximate surface area is 222 Å². The van der Waals surface area contributed by atoms with Crippen LogP contribution >= 0.6 is 11.8 Å². The predicted molar refractivity (Wildman–Crippen MR) is 147 cm³/mol. The minimum Gasteiger partial charge on any atom is -0.465 e. The fraction of sp³-hybridized carbons (Fsp3) is 0.103. The third-order valence-corrected chi connectivity index (χ3v) is 6.95. The average Bonchev–Trinajstić information content (AvgIpc) is 3.40. The number of thioether (sulfide) groups is 1. The fourth-order valence-corrected chi connectivity index (χ4v) is 5.10. The van der Waals surface area contributed by atoms with Gasteiger partial charge in [-0.15, -0.1) is 0 Å². The maximum atomic E-state index is 13.1. The van der Waals surface area contributed by atoms with E-state index in [9.17, 15) is 19.2 Å². The summed E-state index contributed by atoms with van der Waals surface area (Å²) in [5, 5.41) is 3.11. The minimum absolute atomic E-state index is 0.248. The number of amides is 3. The molecule has 1 saturated heterocycles. The van der Waals surface area contributed by atoms with Crippen LogP contribution in [0.4, 0.5) is 10.5 Å². The summed E-state index contributed by atoms with van der Waals surface area (Å²) in [7, 11) is 1.35. The van der Waals surface area contributed by atoms with Crippen molar-refractivity contribution in [2.24, 2.45) is 0 Å². The third-order valence-electron chi connectivity index (χ3n) is 6.04. The lowest BCUT2D eigenvalue weighted by molar-refractivity contribution is -0.127. The Morgan fingerprint density at radius 2 is 1.74 bits per heavy atom. The molecule has 38 heavy (non-hydrogen) atoms. The van der Waals surface area contributed by atoms with Gasteiger partial charge in [-0.25, -0.2) is 4.79 Å². The van der Waals surface area contributed by atoms with Crippen molar-refractivity contribution in [1.29, 1.82) is 0 Å². The molecular formula is C29H23N3O5S. The number of hydrogen-bond acceptors (Lipinski definition) is 6. The Morgan fingerprint density at radius 3 is 2.53 bits per heavy atom. The molecule has 3 amide bonds. The van der Waals surface area contributed by atoms with Crippen LogP contribution in [0.3, 0.4) is 0 Å². The van der Waals surface area contributed by atoms with Crippen molar-refractivity contribution in [3.8, 4) is 0 Å². The van der Waals surface area contributed by atoms with Crippen molar-refractivity contribution in [2.75, 3.05) is 19.0 Å². The summed E-state index contributed by atoms with van der Waals surface area (Å²) in [6, 6.07) is 23.8. The zero-order valence-corrected chi connectivity index (χ0v) is 21.2. The summed E-state index contributed by atoms with van der Waals surface area (Å²) < 4.78 is 6.85. The standard InChI is InChI=1S/C29H23N3O5S/c1-37-28(35)20-9-7-8-19(14-20)16-31-17-21(23-12-5-6-13-24(23)31)15-25-27(34)32(29(36)38-25)18-26(33)30-22-10-3-2-4-11-22/h2-15,17H,16,18H2,1H3,(H,30,33)/b25-15-. The van der Waals surface area contributed by atoms with E-state index in [0.29, 0.717) is 17.8 Å².